The summed E-state index contributed by atoms with van der Waals surface area (Å²) in [5.41, 5.74) is -0.722. The number of aliphatic hydroxyl groups excluding tert-OH is 1. The molecule has 7 nitrogen and oxygen atoms in total. The average Bonchev–Trinajstić information content (AvgIpc) is 2.54. The Morgan fingerprint density at radius 2 is 2.05 bits per heavy atom. The molecule has 124 valence electrons. The second kappa shape index (κ2) is 6.52. The van der Waals surface area contributed by atoms with Crippen molar-refractivity contribution >= 4 is 11.8 Å². The maximum atomic E-state index is 12.4. The lowest BCUT2D eigenvalue weighted by Gasteiger charge is -2.47. The van der Waals surface area contributed by atoms with Crippen LogP contribution in [0.5, 0.6) is 0 Å². The largest absolute Gasteiger partial charge is 0.392 e. The number of likely N-dealkylation sites (tertiary alicyclic amines) is 1. The number of carbonyl (C=O) groups excluding carboxylic acids is 2. The van der Waals surface area contributed by atoms with Gasteiger partial charge in [0.15, 0.2) is 0 Å². The zero-order valence-corrected chi connectivity index (χ0v) is 13.0. The molecular weight excluding hydrogens is 284 g/mol. The van der Waals surface area contributed by atoms with E-state index in [1.54, 1.807) is 0 Å². The molecule has 3 rings (SSSR count). The minimum Gasteiger partial charge on any atom is -0.392 e. The van der Waals surface area contributed by atoms with Crippen molar-refractivity contribution in [1.82, 2.24) is 20.4 Å². The van der Waals surface area contributed by atoms with Crippen molar-refractivity contribution < 1.29 is 14.7 Å². The Labute approximate surface area is 131 Å². The number of aliphatic hydroxyl groups is 1. The summed E-state index contributed by atoms with van der Waals surface area (Å²) in [5, 5.41) is 16.5. The quantitative estimate of drug-likeness (QED) is 0.571. The van der Waals surface area contributed by atoms with Crippen LogP contribution in [0, 0.1) is 5.41 Å². The summed E-state index contributed by atoms with van der Waals surface area (Å²) < 4.78 is 0. The molecule has 0 aromatic heterocycles. The molecule has 0 aliphatic carbocycles. The Bertz CT molecular complexity index is 439. The topological polar surface area (TPSA) is 84.9 Å². The van der Waals surface area contributed by atoms with Crippen molar-refractivity contribution in [2.24, 2.45) is 5.41 Å². The molecule has 0 aromatic carbocycles. The number of rotatable bonds is 2. The Morgan fingerprint density at radius 3 is 2.77 bits per heavy atom. The first-order valence-electron chi connectivity index (χ1n) is 8.29. The number of piperazine rings is 1. The second-order valence-corrected chi connectivity index (χ2v) is 6.66. The molecule has 3 N–H and O–H groups in total. The van der Waals surface area contributed by atoms with Gasteiger partial charge in [-0.2, -0.15) is 0 Å². The van der Waals surface area contributed by atoms with Gasteiger partial charge in [-0.1, -0.05) is 0 Å². The van der Waals surface area contributed by atoms with Gasteiger partial charge in [-0.25, -0.2) is 0 Å². The van der Waals surface area contributed by atoms with Crippen LogP contribution < -0.4 is 10.6 Å². The van der Waals surface area contributed by atoms with E-state index in [4.69, 9.17) is 0 Å². The van der Waals surface area contributed by atoms with Crippen molar-refractivity contribution in [3.05, 3.63) is 0 Å². The van der Waals surface area contributed by atoms with Crippen molar-refractivity contribution in [3.8, 4) is 0 Å². The molecule has 2 amide bonds. The molecule has 1 spiro atoms. The Hall–Kier alpha value is -1.18. The van der Waals surface area contributed by atoms with E-state index in [2.05, 4.69) is 10.6 Å². The molecule has 3 saturated heterocycles. The van der Waals surface area contributed by atoms with Gasteiger partial charge in [0.1, 0.15) is 0 Å². The molecule has 22 heavy (non-hydrogen) atoms. The Kier molecular flexibility index (Phi) is 4.65. The van der Waals surface area contributed by atoms with Gasteiger partial charge in [-0.05, 0) is 19.3 Å². The molecular formula is C15H26N4O3. The summed E-state index contributed by atoms with van der Waals surface area (Å²) in [5.74, 6) is 0.0785. The maximum absolute atomic E-state index is 12.4. The predicted molar refractivity (Wildman–Crippen MR) is 81.2 cm³/mol. The average molecular weight is 310 g/mol. The number of nitrogens with zero attached hydrogens (tertiary/aromatic N) is 2. The zero-order chi connectivity index (χ0) is 15.6. The number of carbonyl (C=O) groups is 2. The van der Waals surface area contributed by atoms with E-state index in [9.17, 15) is 14.7 Å². The third-order valence-corrected chi connectivity index (χ3v) is 5.23. The fourth-order valence-electron chi connectivity index (χ4n) is 3.87. The molecule has 7 heteroatoms. The fourth-order valence-corrected chi connectivity index (χ4v) is 3.87. The molecule has 3 aliphatic rings. The lowest BCUT2D eigenvalue weighted by molar-refractivity contribution is -0.151. The van der Waals surface area contributed by atoms with Gasteiger partial charge in [-0.15, -0.1) is 0 Å². The van der Waals surface area contributed by atoms with Gasteiger partial charge in [0.05, 0.1) is 18.1 Å². The molecule has 0 unspecified atom stereocenters. The molecule has 0 bridgehead atoms. The lowest BCUT2D eigenvalue weighted by Crippen LogP contribution is -2.62. The van der Waals surface area contributed by atoms with Crippen LogP contribution >= 0.6 is 0 Å². The number of nitrogens with one attached hydrogen (secondary N) is 2. The number of amides is 2. The highest BCUT2D eigenvalue weighted by atomic mass is 16.3. The van der Waals surface area contributed by atoms with E-state index >= 15 is 0 Å². The van der Waals surface area contributed by atoms with Crippen LogP contribution in [-0.4, -0.2) is 85.2 Å². The minimum absolute atomic E-state index is 0.0504. The minimum atomic E-state index is -0.722. The highest BCUT2D eigenvalue weighted by Gasteiger charge is 2.49. The molecule has 3 aliphatic heterocycles. The summed E-state index contributed by atoms with van der Waals surface area (Å²) in [6.07, 6.45) is 1.56. The second-order valence-electron chi connectivity index (χ2n) is 6.66. The molecule has 0 radical (unpaired) electrons. The van der Waals surface area contributed by atoms with Gasteiger partial charge in [0, 0.05) is 45.8 Å². The summed E-state index contributed by atoms with van der Waals surface area (Å²) in [6, 6.07) is 0. The monoisotopic (exact) mass is 310 g/mol. The third-order valence-electron chi connectivity index (χ3n) is 5.23. The first kappa shape index (κ1) is 15.7. The first-order valence-corrected chi connectivity index (χ1v) is 8.29. The number of piperidine rings is 2. The van der Waals surface area contributed by atoms with E-state index in [1.165, 1.54) is 0 Å². The zero-order valence-electron chi connectivity index (χ0n) is 13.0. The van der Waals surface area contributed by atoms with Crippen LogP contribution in [0.2, 0.25) is 0 Å². The van der Waals surface area contributed by atoms with Crippen molar-refractivity contribution in [1.29, 1.82) is 0 Å². The normalized spacial score (nSPS) is 33.8. The van der Waals surface area contributed by atoms with Crippen LogP contribution in [0.4, 0.5) is 0 Å². The van der Waals surface area contributed by atoms with Gasteiger partial charge in [0.2, 0.25) is 11.8 Å². The van der Waals surface area contributed by atoms with E-state index < -0.39 is 11.5 Å². The summed E-state index contributed by atoms with van der Waals surface area (Å²) >= 11 is 0. The van der Waals surface area contributed by atoms with Gasteiger partial charge >= 0.3 is 0 Å². The van der Waals surface area contributed by atoms with Gasteiger partial charge in [0.25, 0.3) is 0 Å². The van der Waals surface area contributed by atoms with Gasteiger partial charge < -0.3 is 20.6 Å². The number of hydrogen-bond donors (Lipinski definition) is 3. The highest BCUT2D eigenvalue weighted by molar-refractivity contribution is 5.84. The van der Waals surface area contributed by atoms with Crippen LogP contribution in [0.3, 0.4) is 0 Å². The van der Waals surface area contributed by atoms with Crippen molar-refractivity contribution in [2.45, 2.75) is 25.4 Å². The van der Waals surface area contributed by atoms with E-state index in [0.29, 0.717) is 39.0 Å². The van der Waals surface area contributed by atoms with Crippen molar-refractivity contribution in [2.75, 3.05) is 52.4 Å². The standard InChI is InChI=1S/C15H26N4O3/c20-12-2-7-18(10-13(21)19-8-5-16-6-9-19)11-15(12)3-1-4-17-14(15)22/h12,16,20H,1-11H2,(H,17,22)/t12-,15+/m0/s1. The molecule has 0 saturated carbocycles. The third kappa shape index (κ3) is 2.98. The SMILES string of the molecule is O=C(CN1CC[C@H](O)[C@@]2(CCCNC2=O)C1)N1CCNCC1. The molecule has 2 atom stereocenters. The molecule has 3 heterocycles. The number of hydrogen-bond acceptors (Lipinski definition) is 5. The summed E-state index contributed by atoms with van der Waals surface area (Å²) in [7, 11) is 0. The summed E-state index contributed by atoms with van der Waals surface area (Å²) in [4.78, 5) is 28.6. The van der Waals surface area contributed by atoms with Crippen LogP contribution in [0.1, 0.15) is 19.3 Å². The van der Waals surface area contributed by atoms with Crippen LogP contribution in [0.25, 0.3) is 0 Å². The fraction of sp³-hybridized carbons (Fsp3) is 0.867. The highest BCUT2D eigenvalue weighted by Crippen LogP contribution is 2.37. The van der Waals surface area contributed by atoms with E-state index in [-0.39, 0.29) is 11.8 Å². The van der Waals surface area contributed by atoms with E-state index in [0.717, 1.165) is 32.6 Å². The molecule has 0 aromatic rings. The maximum Gasteiger partial charge on any atom is 0.236 e. The van der Waals surface area contributed by atoms with E-state index in [1.807, 2.05) is 9.80 Å². The van der Waals surface area contributed by atoms with Crippen LogP contribution in [0.15, 0.2) is 0 Å². The first-order chi connectivity index (χ1) is 10.6. The van der Waals surface area contributed by atoms with Gasteiger partial charge in [-0.3, -0.25) is 14.5 Å². The summed E-state index contributed by atoms with van der Waals surface area (Å²) in [6.45, 7) is 5.38. The Morgan fingerprint density at radius 1 is 1.27 bits per heavy atom. The Balaban J connectivity index is 1.62. The smallest absolute Gasteiger partial charge is 0.236 e. The van der Waals surface area contributed by atoms with Crippen molar-refractivity contribution in [3.63, 3.8) is 0 Å². The predicted octanol–water partition coefficient (Wildman–Crippen LogP) is -1.62. The lowest BCUT2D eigenvalue weighted by atomic mass is 9.71. The van der Waals surface area contributed by atoms with Crippen LogP contribution in [-0.2, 0) is 9.59 Å². The molecule has 3 fully saturated rings.